The van der Waals surface area contributed by atoms with Gasteiger partial charge in [0.2, 0.25) is 0 Å². The monoisotopic (exact) mass is 568 g/mol. The molecule has 0 saturated heterocycles. The number of ether oxygens (including phenoxy) is 1. The maximum atomic E-state index is 11.4. The number of esters is 1. The number of halogens is 1. The average Bonchev–Trinajstić information content (AvgIpc) is 2.93. The third kappa shape index (κ3) is 7.30. The number of benzene rings is 3. The molecule has 2 nitrogen and oxygen atoms in total. The van der Waals surface area contributed by atoms with E-state index >= 15 is 0 Å². The SMILES string of the molecule is CCOC(=O)CCCCCCCCCCCP(Br)(c1ccccc1)(c1ccccc1)c1ccccc1. The van der Waals surface area contributed by atoms with E-state index in [9.17, 15) is 4.79 Å². The molecule has 0 spiro atoms. The molecule has 3 aromatic carbocycles. The molecule has 0 atom stereocenters. The Morgan fingerprint density at radius 1 is 0.611 bits per heavy atom. The Balaban J connectivity index is 1.58. The quantitative estimate of drug-likeness (QED) is 0.0986. The predicted molar refractivity (Wildman–Crippen MR) is 162 cm³/mol. The van der Waals surface area contributed by atoms with Crippen molar-refractivity contribution in [1.82, 2.24) is 0 Å². The summed E-state index contributed by atoms with van der Waals surface area (Å²) in [4.78, 5) is 11.4. The molecular weight excluding hydrogens is 527 g/mol. The van der Waals surface area contributed by atoms with E-state index in [2.05, 4.69) is 106 Å². The molecule has 4 heteroatoms. The van der Waals surface area contributed by atoms with Gasteiger partial charge in [0.25, 0.3) is 0 Å². The van der Waals surface area contributed by atoms with Gasteiger partial charge in [0.05, 0.1) is 6.61 Å². The van der Waals surface area contributed by atoms with Crippen LogP contribution in [0.25, 0.3) is 0 Å². The first-order valence-electron chi connectivity index (χ1n) is 13.6. The fraction of sp³-hybridized carbons (Fsp3) is 0.406. The number of rotatable bonds is 16. The molecular formula is C32H42BrO2P. The second-order valence-corrected chi connectivity index (χ2v) is 18.7. The minimum atomic E-state index is -2.77. The third-order valence-electron chi connectivity index (χ3n) is 7.15. The summed E-state index contributed by atoms with van der Waals surface area (Å²) >= 11 is 4.55. The molecule has 0 aromatic heterocycles. The van der Waals surface area contributed by atoms with Crippen molar-refractivity contribution in [2.75, 3.05) is 12.8 Å². The van der Waals surface area contributed by atoms with Crippen molar-refractivity contribution in [1.29, 1.82) is 0 Å². The summed E-state index contributed by atoms with van der Waals surface area (Å²) in [5.41, 5.74) is 0. The van der Waals surface area contributed by atoms with Crippen LogP contribution in [-0.4, -0.2) is 18.7 Å². The second-order valence-electron chi connectivity index (χ2n) is 9.65. The average molecular weight is 570 g/mol. The van der Waals surface area contributed by atoms with Crippen LogP contribution in [0.1, 0.15) is 71.1 Å². The van der Waals surface area contributed by atoms with Crippen LogP contribution < -0.4 is 15.9 Å². The van der Waals surface area contributed by atoms with E-state index in [4.69, 9.17) is 4.74 Å². The summed E-state index contributed by atoms with van der Waals surface area (Å²) in [7, 11) is 0. The number of carbonyl (C=O) groups is 1. The van der Waals surface area contributed by atoms with Gasteiger partial charge in [-0.1, -0.05) is 0 Å². The van der Waals surface area contributed by atoms with Gasteiger partial charge in [0.1, 0.15) is 0 Å². The van der Waals surface area contributed by atoms with Gasteiger partial charge in [0.15, 0.2) is 0 Å². The van der Waals surface area contributed by atoms with Crippen molar-refractivity contribution in [3.05, 3.63) is 91.0 Å². The van der Waals surface area contributed by atoms with Crippen LogP contribution in [0.2, 0.25) is 0 Å². The fourth-order valence-electron chi connectivity index (χ4n) is 5.20. The Kier molecular flexibility index (Phi) is 11.7. The standard InChI is InChI=1S/C32H42BrO2P/c1-2-35-32(34)27-19-8-6-4-3-5-7-9-20-28-36(33,29-21-13-10-14-22-29,30-23-15-11-16-24-30)31-25-17-12-18-26-31/h10-18,21-26H,2-9,19-20,27-28H2,1H3. The number of carbonyl (C=O) groups excluding carboxylic acids is 1. The molecule has 0 heterocycles. The molecule has 0 aliphatic heterocycles. The Morgan fingerprint density at radius 2 is 0.972 bits per heavy atom. The van der Waals surface area contributed by atoms with Crippen molar-refractivity contribution in [2.45, 2.75) is 71.1 Å². The van der Waals surface area contributed by atoms with Gasteiger partial charge in [-0.3, -0.25) is 4.79 Å². The molecule has 0 aliphatic rings. The van der Waals surface area contributed by atoms with Crippen LogP contribution in [-0.2, 0) is 9.53 Å². The van der Waals surface area contributed by atoms with Gasteiger partial charge in [-0.05, 0) is 6.92 Å². The fourth-order valence-corrected chi connectivity index (χ4v) is 12.9. The van der Waals surface area contributed by atoms with E-state index in [1.807, 2.05) is 6.92 Å². The number of hydrogen-bond acceptors (Lipinski definition) is 2. The van der Waals surface area contributed by atoms with Gasteiger partial charge in [-0.15, -0.1) is 0 Å². The van der Waals surface area contributed by atoms with E-state index in [0.29, 0.717) is 13.0 Å². The van der Waals surface area contributed by atoms with E-state index in [1.165, 1.54) is 60.9 Å². The summed E-state index contributed by atoms with van der Waals surface area (Å²) in [6.45, 7) is 2.35. The molecule has 0 N–H and O–H groups in total. The van der Waals surface area contributed by atoms with Crippen molar-refractivity contribution < 1.29 is 9.53 Å². The summed E-state index contributed by atoms with van der Waals surface area (Å²) in [5.74, 6) is -0.0528. The van der Waals surface area contributed by atoms with Crippen molar-refractivity contribution in [2.24, 2.45) is 0 Å². The summed E-state index contributed by atoms with van der Waals surface area (Å²) < 4.78 is 5.00. The van der Waals surface area contributed by atoms with Gasteiger partial charge in [0, 0.05) is 0 Å². The summed E-state index contributed by atoms with van der Waals surface area (Å²) in [6, 6.07) is 33.3. The topological polar surface area (TPSA) is 26.3 Å². The van der Waals surface area contributed by atoms with Gasteiger partial charge in [-0.25, -0.2) is 0 Å². The van der Waals surface area contributed by atoms with Crippen LogP contribution in [0.3, 0.4) is 0 Å². The second kappa shape index (κ2) is 14.7. The third-order valence-corrected chi connectivity index (χ3v) is 17.2. The Bertz CT molecular complexity index is 924. The van der Waals surface area contributed by atoms with Crippen molar-refractivity contribution in [3.8, 4) is 0 Å². The first-order chi connectivity index (χ1) is 17.6. The molecule has 36 heavy (non-hydrogen) atoms. The molecule has 0 fully saturated rings. The van der Waals surface area contributed by atoms with E-state index < -0.39 is 5.31 Å². The molecule has 0 amide bonds. The van der Waals surface area contributed by atoms with E-state index in [-0.39, 0.29) is 5.97 Å². The summed E-state index contributed by atoms with van der Waals surface area (Å²) in [5, 5.41) is 1.45. The van der Waals surface area contributed by atoms with Crippen LogP contribution in [0.5, 0.6) is 0 Å². The van der Waals surface area contributed by atoms with Gasteiger partial charge < -0.3 is 4.74 Å². The molecule has 3 rings (SSSR count). The molecule has 0 saturated carbocycles. The zero-order chi connectivity index (χ0) is 25.6. The van der Waals surface area contributed by atoms with Crippen molar-refractivity contribution in [3.63, 3.8) is 0 Å². The molecule has 0 radical (unpaired) electrons. The molecule has 3 aromatic rings. The molecule has 0 aliphatic carbocycles. The molecule has 0 bridgehead atoms. The van der Waals surface area contributed by atoms with Crippen LogP contribution in [0, 0.1) is 0 Å². The predicted octanol–water partition coefficient (Wildman–Crippen LogP) is 8.29. The van der Waals surface area contributed by atoms with Crippen molar-refractivity contribution >= 4 is 42.7 Å². The van der Waals surface area contributed by atoms with Crippen LogP contribution in [0.4, 0.5) is 0 Å². The zero-order valence-corrected chi connectivity index (χ0v) is 24.3. The molecule has 0 unspecified atom stereocenters. The molecule has 194 valence electrons. The van der Waals surface area contributed by atoms with Crippen LogP contribution >= 0.6 is 20.8 Å². The maximum absolute atomic E-state index is 11.4. The Hall–Kier alpha value is -1.96. The first kappa shape index (κ1) is 28.6. The van der Waals surface area contributed by atoms with E-state index in [1.54, 1.807) is 0 Å². The zero-order valence-electron chi connectivity index (χ0n) is 21.8. The minimum absolute atomic E-state index is 0.0528. The Labute approximate surface area is 226 Å². The van der Waals surface area contributed by atoms with E-state index in [0.717, 1.165) is 19.0 Å². The number of unbranched alkanes of at least 4 members (excludes halogenated alkanes) is 8. The Morgan fingerprint density at radius 3 is 1.36 bits per heavy atom. The van der Waals surface area contributed by atoms with Gasteiger partial charge in [-0.2, -0.15) is 0 Å². The summed E-state index contributed by atoms with van der Waals surface area (Å²) in [6.07, 6.45) is 12.5. The van der Waals surface area contributed by atoms with Gasteiger partial charge >= 0.3 is 204 Å². The van der Waals surface area contributed by atoms with Crippen LogP contribution in [0.15, 0.2) is 91.0 Å². The first-order valence-corrected chi connectivity index (χ1v) is 18.1. The normalized spacial score (nSPS) is 12.6. The number of hydrogen-bond donors (Lipinski definition) is 0.